The first-order valence-electron chi connectivity index (χ1n) is 9.79. The number of nitrogens with zero attached hydrogens (tertiary/aromatic N) is 3. The quantitative estimate of drug-likeness (QED) is 0.511. The monoisotopic (exact) mass is 475 g/mol. The van der Waals surface area contributed by atoms with Gasteiger partial charge in [0.1, 0.15) is 11.9 Å². The summed E-state index contributed by atoms with van der Waals surface area (Å²) in [6.45, 7) is 2.50. The highest BCUT2D eigenvalue weighted by molar-refractivity contribution is 7.89. The van der Waals surface area contributed by atoms with Gasteiger partial charge in [-0.2, -0.15) is 9.29 Å². The lowest BCUT2D eigenvalue weighted by Crippen LogP contribution is -2.39. The summed E-state index contributed by atoms with van der Waals surface area (Å²) in [7, 11) is -2.66. The topological polar surface area (TPSA) is 134 Å². The van der Waals surface area contributed by atoms with E-state index in [1.807, 2.05) is 0 Å². The number of likely N-dealkylation sites (N-methyl/N-ethyl adjacent to an activating group) is 1. The van der Waals surface area contributed by atoms with Crippen LogP contribution in [0.3, 0.4) is 0 Å². The van der Waals surface area contributed by atoms with E-state index in [0.717, 1.165) is 4.31 Å². The van der Waals surface area contributed by atoms with Crippen LogP contribution in [0.2, 0.25) is 0 Å². The van der Waals surface area contributed by atoms with Crippen molar-refractivity contribution < 1.29 is 26.9 Å². The van der Waals surface area contributed by atoms with Crippen LogP contribution in [0.15, 0.2) is 57.9 Å². The molecular weight excluding hydrogens is 453 g/mol. The molecule has 12 heteroatoms. The molecule has 0 fully saturated rings. The summed E-state index contributed by atoms with van der Waals surface area (Å²) < 4.78 is 44.6. The molecular formula is C21H22FN5O5S. The SMILES string of the molecule is CC(=O)Nc1ccc(S(=O)(=O)N(C)CC(=O)NC(C)c2nc(-c3ccc(F)cc3)no2)cc1. The summed E-state index contributed by atoms with van der Waals surface area (Å²) in [4.78, 5) is 27.7. The Morgan fingerprint density at radius 3 is 2.36 bits per heavy atom. The van der Waals surface area contributed by atoms with Crippen molar-refractivity contribution in [2.75, 3.05) is 18.9 Å². The molecule has 1 aromatic heterocycles. The van der Waals surface area contributed by atoms with E-state index in [4.69, 9.17) is 4.52 Å². The van der Waals surface area contributed by atoms with Gasteiger partial charge in [0, 0.05) is 25.2 Å². The van der Waals surface area contributed by atoms with Gasteiger partial charge in [-0.1, -0.05) is 5.16 Å². The third-order valence-electron chi connectivity index (χ3n) is 4.54. The second-order valence-electron chi connectivity index (χ2n) is 7.22. The number of nitrogens with one attached hydrogen (secondary N) is 2. The number of carbonyl (C=O) groups is 2. The number of benzene rings is 2. The third kappa shape index (κ3) is 5.99. The zero-order chi connectivity index (χ0) is 24.2. The van der Waals surface area contributed by atoms with Gasteiger partial charge in [-0.15, -0.1) is 0 Å². The van der Waals surface area contributed by atoms with E-state index in [9.17, 15) is 22.4 Å². The van der Waals surface area contributed by atoms with Crippen molar-refractivity contribution in [2.24, 2.45) is 0 Å². The summed E-state index contributed by atoms with van der Waals surface area (Å²) in [5, 5.41) is 8.97. The fourth-order valence-electron chi connectivity index (χ4n) is 2.86. The van der Waals surface area contributed by atoms with Gasteiger partial charge in [0.05, 0.1) is 11.4 Å². The Kier molecular flexibility index (Phi) is 7.19. The van der Waals surface area contributed by atoms with Crippen LogP contribution >= 0.6 is 0 Å². The average Bonchev–Trinajstić information content (AvgIpc) is 3.24. The molecule has 0 aliphatic rings. The van der Waals surface area contributed by atoms with E-state index < -0.39 is 34.3 Å². The van der Waals surface area contributed by atoms with E-state index >= 15 is 0 Å². The number of halogens is 1. The van der Waals surface area contributed by atoms with E-state index in [1.165, 1.54) is 62.5 Å². The number of hydrogen-bond acceptors (Lipinski definition) is 7. The summed E-state index contributed by atoms with van der Waals surface area (Å²) in [6.07, 6.45) is 0. The highest BCUT2D eigenvalue weighted by atomic mass is 32.2. The number of anilines is 1. The van der Waals surface area contributed by atoms with Gasteiger partial charge in [-0.05, 0) is 55.5 Å². The van der Waals surface area contributed by atoms with Gasteiger partial charge in [0.2, 0.25) is 33.6 Å². The molecule has 10 nitrogen and oxygen atoms in total. The molecule has 0 bridgehead atoms. The van der Waals surface area contributed by atoms with Crippen LogP contribution in [-0.2, 0) is 19.6 Å². The molecule has 0 saturated heterocycles. The van der Waals surface area contributed by atoms with Gasteiger partial charge < -0.3 is 15.2 Å². The third-order valence-corrected chi connectivity index (χ3v) is 6.36. The molecule has 0 aliphatic heterocycles. The lowest BCUT2D eigenvalue weighted by atomic mass is 10.2. The smallest absolute Gasteiger partial charge is 0.249 e. The maximum Gasteiger partial charge on any atom is 0.249 e. The number of carbonyl (C=O) groups excluding carboxylic acids is 2. The van der Waals surface area contributed by atoms with E-state index in [2.05, 4.69) is 20.8 Å². The van der Waals surface area contributed by atoms with Crippen molar-refractivity contribution in [1.29, 1.82) is 0 Å². The first kappa shape index (κ1) is 24.0. The molecule has 2 amide bonds. The Bertz CT molecular complexity index is 1240. The first-order valence-corrected chi connectivity index (χ1v) is 11.2. The molecule has 3 aromatic rings. The number of sulfonamides is 1. The van der Waals surface area contributed by atoms with Crippen LogP contribution in [0, 0.1) is 5.82 Å². The summed E-state index contributed by atoms with van der Waals surface area (Å²) in [5.74, 6) is -0.911. The molecule has 1 atom stereocenters. The minimum absolute atomic E-state index is 0.0270. The predicted molar refractivity (Wildman–Crippen MR) is 117 cm³/mol. The maximum absolute atomic E-state index is 13.1. The molecule has 1 unspecified atom stereocenters. The molecule has 0 saturated carbocycles. The number of hydrogen-bond donors (Lipinski definition) is 2. The minimum Gasteiger partial charge on any atom is -0.343 e. The molecule has 0 spiro atoms. The van der Waals surface area contributed by atoms with E-state index in [1.54, 1.807) is 6.92 Å². The minimum atomic E-state index is -3.94. The van der Waals surface area contributed by atoms with Crippen molar-refractivity contribution in [2.45, 2.75) is 24.8 Å². The number of aromatic nitrogens is 2. The Hall–Kier alpha value is -3.64. The Balaban J connectivity index is 1.61. The van der Waals surface area contributed by atoms with Crippen molar-refractivity contribution in [1.82, 2.24) is 19.8 Å². The van der Waals surface area contributed by atoms with Gasteiger partial charge in [-0.3, -0.25) is 9.59 Å². The van der Waals surface area contributed by atoms with Crippen LogP contribution in [0.25, 0.3) is 11.4 Å². The average molecular weight is 476 g/mol. The number of rotatable bonds is 8. The second-order valence-corrected chi connectivity index (χ2v) is 9.26. The molecule has 33 heavy (non-hydrogen) atoms. The molecule has 3 rings (SSSR count). The first-order chi connectivity index (χ1) is 15.6. The zero-order valence-electron chi connectivity index (χ0n) is 18.1. The Morgan fingerprint density at radius 1 is 1.12 bits per heavy atom. The fraction of sp³-hybridized carbons (Fsp3) is 0.238. The fourth-order valence-corrected chi connectivity index (χ4v) is 3.98. The Morgan fingerprint density at radius 2 is 1.76 bits per heavy atom. The van der Waals surface area contributed by atoms with Crippen LogP contribution in [-0.4, -0.2) is 48.3 Å². The lowest BCUT2D eigenvalue weighted by Gasteiger charge is -2.18. The summed E-state index contributed by atoms with van der Waals surface area (Å²) in [6, 6.07) is 10.4. The van der Waals surface area contributed by atoms with E-state index in [-0.39, 0.29) is 22.5 Å². The van der Waals surface area contributed by atoms with Gasteiger partial charge >= 0.3 is 0 Å². The van der Waals surface area contributed by atoms with Crippen LogP contribution < -0.4 is 10.6 Å². The van der Waals surface area contributed by atoms with Crippen LogP contribution in [0.5, 0.6) is 0 Å². The maximum atomic E-state index is 13.1. The van der Waals surface area contributed by atoms with Crippen molar-refractivity contribution >= 4 is 27.5 Å². The summed E-state index contributed by atoms with van der Waals surface area (Å²) >= 11 is 0. The Labute approximate surface area is 189 Å². The molecule has 1 heterocycles. The molecule has 0 radical (unpaired) electrons. The van der Waals surface area contributed by atoms with Gasteiger partial charge in [0.15, 0.2) is 0 Å². The lowest BCUT2D eigenvalue weighted by molar-refractivity contribution is -0.122. The standard InChI is InChI=1S/C21H22FN5O5S/c1-13(21-25-20(26-32-21)15-4-6-16(22)7-5-15)23-19(29)12-27(3)33(30,31)18-10-8-17(9-11-18)24-14(2)28/h4-11,13H,12H2,1-3H3,(H,23,29)(H,24,28). The van der Waals surface area contributed by atoms with Crippen LogP contribution in [0.4, 0.5) is 10.1 Å². The van der Waals surface area contributed by atoms with Crippen molar-refractivity contribution in [3.63, 3.8) is 0 Å². The molecule has 174 valence electrons. The second kappa shape index (κ2) is 9.88. The number of amides is 2. The highest BCUT2D eigenvalue weighted by Gasteiger charge is 2.25. The summed E-state index contributed by atoms with van der Waals surface area (Å²) in [5.41, 5.74) is 0.996. The predicted octanol–water partition coefficient (Wildman–Crippen LogP) is 2.33. The van der Waals surface area contributed by atoms with Crippen molar-refractivity contribution in [3.05, 3.63) is 60.2 Å². The highest BCUT2D eigenvalue weighted by Crippen LogP contribution is 2.20. The van der Waals surface area contributed by atoms with E-state index in [0.29, 0.717) is 11.3 Å². The van der Waals surface area contributed by atoms with Crippen molar-refractivity contribution in [3.8, 4) is 11.4 Å². The van der Waals surface area contributed by atoms with Crippen LogP contribution in [0.1, 0.15) is 25.8 Å². The largest absolute Gasteiger partial charge is 0.343 e. The molecule has 0 aliphatic carbocycles. The molecule has 2 aromatic carbocycles. The zero-order valence-corrected chi connectivity index (χ0v) is 18.9. The van der Waals surface area contributed by atoms with Gasteiger partial charge in [-0.25, -0.2) is 12.8 Å². The van der Waals surface area contributed by atoms with Gasteiger partial charge in [0.25, 0.3) is 0 Å². The molecule has 2 N–H and O–H groups in total. The normalized spacial score (nSPS) is 12.4.